The van der Waals surface area contributed by atoms with Gasteiger partial charge >= 0.3 is 0 Å². The summed E-state index contributed by atoms with van der Waals surface area (Å²) in [4.78, 5) is 11.6. The Morgan fingerprint density at radius 1 is 1.40 bits per heavy atom. The van der Waals surface area contributed by atoms with E-state index in [0.29, 0.717) is 18.2 Å². The molecule has 0 aliphatic rings. The molecule has 0 saturated carbocycles. The van der Waals surface area contributed by atoms with Crippen molar-refractivity contribution in [1.82, 2.24) is 0 Å². The van der Waals surface area contributed by atoms with Crippen molar-refractivity contribution in [3.63, 3.8) is 0 Å². The van der Waals surface area contributed by atoms with E-state index in [-0.39, 0.29) is 5.78 Å². The van der Waals surface area contributed by atoms with Gasteiger partial charge in [-0.3, -0.25) is 4.79 Å². The number of benzene rings is 1. The molecule has 2 heteroatoms. The Hall–Kier alpha value is -0.820. The van der Waals surface area contributed by atoms with Gasteiger partial charge in [-0.2, -0.15) is 0 Å². The minimum absolute atomic E-state index is 0.135. The highest BCUT2D eigenvalue weighted by Crippen LogP contribution is 2.12. The molecule has 0 amide bonds. The van der Waals surface area contributed by atoms with Gasteiger partial charge in [0.05, 0.1) is 0 Å². The molecule has 0 bridgehead atoms. The number of Topliss-reactive ketones (excluding diaryl/α,β-unsaturated/α-hetero) is 1. The van der Waals surface area contributed by atoms with Gasteiger partial charge in [0.1, 0.15) is 0 Å². The lowest BCUT2D eigenvalue weighted by atomic mass is 9.99. The van der Waals surface area contributed by atoms with E-state index in [1.165, 1.54) is 5.56 Å². The van der Waals surface area contributed by atoms with Crippen LogP contribution in [0.3, 0.4) is 0 Å². The number of hydrogen-bond acceptors (Lipinski definition) is 1. The number of hydrogen-bond donors (Lipinski definition) is 0. The van der Waals surface area contributed by atoms with E-state index in [4.69, 9.17) is 11.6 Å². The van der Waals surface area contributed by atoms with E-state index >= 15 is 0 Å². The first-order valence-corrected chi connectivity index (χ1v) is 5.85. The molecular formula is C13H17ClO. The van der Waals surface area contributed by atoms with Gasteiger partial charge in [0, 0.05) is 17.9 Å². The molecule has 1 aromatic carbocycles. The third-order valence-corrected chi connectivity index (χ3v) is 2.40. The monoisotopic (exact) mass is 224 g/mol. The fourth-order valence-corrected chi connectivity index (χ4v) is 1.74. The number of rotatable bonds is 5. The van der Waals surface area contributed by atoms with Gasteiger partial charge < -0.3 is 0 Å². The zero-order valence-electron chi connectivity index (χ0n) is 9.29. The summed E-state index contributed by atoms with van der Waals surface area (Å²) in [5, 5.41) is 0. The first-order valence-electron chi connectivity index (χ1n) is 5.31. The third kappa shape index (κ3) is 4.05. The van der Waals surface area contributed by atoms with Crippen molar-refractivity contribution in [3.8, 4) is 0 Å². The summed E-state index contributed by atoms with van der Waals surface area (Å²) in [5.74, 6) is 1.15. The van der Waals surface area contributed by atoms with Gasteiger partial charge in [-0.1, -0.05) is 32.0 Å². The lowest BCUT2D eigenvalue weighted by molar-refractivity contribution is 0.0989. The fraction of sp³-hybridized carbons (Fsp3) is 0.462. The second kappa shape index (κ2) is 5.92. The van der Waals surface area contributed by atoms with Crippen molar-refractivity contribution in [2.75, 3.05) is 5.88 Å². The topological polar surface area (TPSA) is 17.1 Å². The van der Waals surface area contributed by atoms with Crippen LogP contribution in [0.25, 0.3) is 0 Å². The van der Waals surface area contributed by atoms with Crippen LogP contribution < -0.4 is 0 Å². The normalized spacial score (nSPS) is 10.7. The van der Waals surface area contributed by atoms with Crippen LogP contribution in [0, 0.1) is 5.92 Å². The van der Waals surface area contributed by atoms with Crippen molar-refractivity contribution in [3.05, 3.63) is 35.4 Å². The summed E-state index contributed by atoms with van der Waals surface area (Å²) in [6.07, 6.45) is 1.44. The van der Waals surface area contributed by atoms with Crippen LogP contribution in [-0.4, -0.2) is 11.7 Å². The van der Waals surface area contributed by atoms with Crippen LogP contribution in [0.1, 0.15) is 36.2 Å². The van der Waals surface area contributed by atoms with Gasteiger partial charge in [0.15, 0.2) is 5.78 Å². The lowest BCUT2D eigenvalue weighted by Crippen LogP contribution is -2.01. The van der Waals surface area contributed by atoms with Crippen LogP contribution in [-0.2, 0) is 6.42 Å². The van der Waals surface area contributed by atoms with Gasteiger partial charge in [0.25, 0.3) is 0 Å². The molecule has 0 saturated heterocycles. The smallest absolute Gasteiger partial charge is 0.164 e. The quantitative estimate of drug-likeness (QED) is 0.551. The lowest BCUT2D eigenvalue weighted by Gasteiger charge is -2.06. The van der Waals surface area contributed by atoms with Crippen LogP contribution in [0.4, 0.5) is 0 Å². The number of carbonyl (C=O) groups excluding carboxylic acids is 1. The Morgan fingerprint density at radius 3 is 2.73 bits per heavy atom. The van der Waals surface area contributed by atoms with E-state index in [1.807, 2.05) is 18.2 Å². The average Bonchev–Trinajstić information content (AvgIpc) is 2.17. The van der Waals surface area contributed by atoms with Crippen LogP contribution in [0.15, 0.2) is 24.3 Å². The number of ketones is 1. The minimum Gasteiger partial charge on any atom is -0.294 e. The van der Waals surface area contributed by atoms with E-state index in [1.54, 1.807) is 0 Å². The number of alkyl halides is 1. The van der Waals surface area contributed by atoms with Crippen LogP contribution >= 0.6 is 11.6 Å². The molecule has 0 aliphatic carbocycles. The fourth-order valence-electron chi connectivity index (χ4n) is 1.57. The standard InChI is InChI=1S/C13H17ClO/c1-10(2)8-11-4-3-5-12(9-11)13(15)6-7-14/h3-5,9-10H,6-8H2,1-2H3. The molecule has 0 fully saturated rings. The molecule has 1 rings (SSSR count). The highest BCUT2D eigenvalue weighted by atomic mass is 35.5. The summed E-state index contributed by atoms with van der Waals surface area (Å²) in [5.41, 5.74) is 2.01. The Labute approximate surface area is 96.5 Å². The van der Waals surface area contributed by atoms with Crippen molar-refractivity contribution < 1.29 is 4.79 Å². The molecule has 1 aromatic rings. The van der Waals surface area contributed by atoms with Crippen molar-refractivity contribution in [1.29, 1.82) is 0 Å². The minimum atomic E-state index is 0.135. The maximum atomic E-state index is 11.6. The average molecular weight is 225 g/mol. The van der Waals surface area contributed by atoms with E-state index in [0.717, 1.165) is 12.0 Å². The van der Waals surface area contributed by atoms with Gasteiger partial charge in [-0.15, -0.1) is 11.6 Å². The molecule has 1 nitrogen and oxygen atoms in total. The molecule has 0 radical (unpaired) electrons. The van der Waals surface area contributed by atoms with Crippen LogP contribution in [0.5, 0.6) is 0 Å². The summed E-state index contributed by atoms with van der Waals surface area (Å²) in [6, 6.07) is 7.85. The predicted octanol–water partition coefficient (Wildman–Crippen LogP) is 3.70. The van der Waals surface area contributed by atoms with E-state index in [2.05, 4.69) is 19.9 Å². The molecular weight excluding hydrogens is 208 g/mol. The van der Waals surface area contributed by atoms with Gasteiger partial charge in [-0.25, -0.2) is 0 Å². The Bertz CT molecular complexity index is 331. The van der Waals surface area contributed by atoms with E-state index in [9.17, 15) is 4.79 Å². The summed E-state index contributed by atoms with van der Waals surface area (Å²) in [7, 11) is 0. The highest BCUT2D eigenvalue weighted by Gasteiger charge is 2.06. The molecule has 0 N–H and O–H groups in total. The maximum Gasteiger partial charge on any atom is 0.164 e. The second-order valence-corrected chi connectivity index (χ2v) is 4.54. The Balaban J connectivity index is 2.78. The van der Waals surface area contributed by atoms with Gasteiger partial charge in [-0.05, 0) is 24.0 Å². The summed E-state index contributed by atoms with van der Waals surface area (Å²) < 4.78 is 0. The Kier molecular flexibility index (Phi) is 4.83. The molecule has 0 aromatic heterocycles. The first-order chi connectivity index (χ1) is 7.13. The predicted molar refractivity (Wildman–Crippen MR) is 64.7 cm³/mol. The highest BCUT2D eigenvalue weighted by molar-refractivity contribution is 6.19. The molecule has 0 unspecified atom stereocenters. The second-order valence-electron chi connectivity index (χ2n) is 4.16. The number of halogens is 1. The largest absolute Gasteiger partial charge is 0.294 e. The molecule has 15 heavy (non-hydrogen) atoms. The summed E-state index contributed by atoms with van der Waals surface area (Å²) >= 11 is 5.55. The maximum absolute atomic E-state index is 11.6. The zero-order chi connectivity index (χ0) is 11.3. The SMILES string of the molecule is CC(C)Cc1cccc(C(=O)CCCl)c1. The molecule has 0 atom stereocenters. The summed E-state index contributed by atoms with van der Waals surface area (Å²) in [6.45, 7) is 4.35. The number of carbonyl (C=O) groups is 1. The molecule has 0 spiro atoms. The van der Waals surface area contributed by atoms with E-state index < -0.39 is 0 Å². The third-order valence-electron chi connectivity index (χ3n) is 2.21. The first kappa shape index (κ1) is 12.3. The molecule has 0 heterocycles. The van der Waals surface area contributed by atoms with Gasteiger partial charge in [0.2, 0.25) is 0 Å². The van der Waals surface area contributed by atoms with Crippen molar-refractivity contribution >= 4 is 17.4 Å². The molecule has 0 aliphatic heterocycles. The van der Waals surface area contributed by atoms with Crippen LogP contribution in [0.2, 0.25) is 0 Å². The van der Waals surface area contributed by atoms with Crippen molar-refractivity contribution in [2.45, 2.75) is 26.7 Å². The Morgan fingerprint density at radius 2 is 2.13 bits per heavy atom. The molecule has 82 valence electrons. The zero-order valence-corrected chi connectivity index (χ0v) is 10.1. The van der Waals surface area contributed by atoms with Crippen molar-refractivity contribution in [2.24, 2.45) is 5.92 Å².